The molecule has 4 rings (SSSR count). The van der Waals surface area contributed by atoms with Crippen molar-refractivity contribution in [2.45, 2.75) is 0 Å². The highest BCUT2D eigenvalue weighted by Crippen LogP contribution is 2.20. The fourth-order valence-corrected chi connectivity index (χ4v) is 3.32. The Hall–Kier alpha value is -3.45. The zero-order valence-electron chi connectivity index (χ0n) is 14.0. The summed E-state index contributed by atoms with van der Waals surface area (Å²) >= 11 is 1.35. The quantitative estimate of drug-likeness (QED) is 0.473. The van der Waals surface area contributed by atoms with Crippen LogP contribution in [-0.2, 0) is 0 Å². The third-order valence-corrected chi connectivity index (χ3v) is 4.82. The molecule has 7 heteroatoms. The normalized spacial score (nSPS) is 10.7. The second kappa shape index (κ2) is 7.05. The number of fused-ring (bicyclic) bond motifs is 1. The molecule has 0 spiro atoms. The van der Waals surface area contributed by atoms with E-state index in [2.05, 4.69) is 15.6 Å². The lowest BCUT2D eigenvalue weighted by Crippen LogP contribution is -2.13. The summed E-state index contributed by atoms with van der Waals surface area (Å²) < 4.78 is 13.3. The van der Waals surface area contributed by atoms with Crippen LogP contribution in [0.2, 0.25) is 0 Å². The first-order valence-corrected chi connectivity index (χ1v) is 9.01. The predicted octanol–water partition coefficient (Wildman–Crippen LogP) is 4.87. The summed E-state index contributed by atoms with van der Waals surface area (Å²) in [7, 11) is 0. The van der Waals surface area contributed by atoms with Gasteiger partial charge >= 0.3 is 0 Å². The van der Waals surface area contributed by atoms with Crippen LogP contribution in [0.3, 0.4) is 0 Å². The molecule has 0 radical (unpaired) electrons. The first-order chi connectivity index (χ1) is 13.1. The lowest BCUT2D eigenvalue weighted by atomic mass is 10.2. The van der Waals surface area contributed by atoms with E-state index in [1.807, 2.05) is 11.4 Å². The second-order valence-electron chi connectivity index (χ2n) is 5.88. The van der Waals surface area contributed by atoms with Gasteiger partial charge in [0.05, 0.1) is 4.88 Å². The molecule has 0 unspecified atom stereocenters. The number of rotatable bonds is 4. The number of amides is 2. The monoisotopic (exact) mass is 379 g/mol. The summed E-state index contributed by atoms with van der Waals surface area (Å²) in [6, 6.07) is 16.3. The number of benzene rings is 2. The molecule has 4 aromatic rings. The lowest BCUT2D eigenvalue weighted by Gasteiger charge is -2.08. The minimum absolute atomic E-state index is 0.203. The van der Waals surface area contributed by atoms with Gasteiger partial charge in [-0.15, -0.1) is 11.3 Å². The highest BCUT2D eigenvalue weighted by atomic mass is 32.1. The van der Waals surface area contributed by atoms with Crippen molar-refractivity contribution in [1.82, 2.24) is 4.98 Å². The van der Waals surface area contributed by atoms with Gasteiger partial charge < -0.3 is 15.6 Å². The van der Waals surface area contributed by atoms with Gasteiger partial charge in [-0.1, -0.05) is 12.1 Å². The Kier molecular flexibility index (Phi) is 4.43. The standard InChI is InChI=1S/C20H14FN3O2S/c21-13-6-7-16-12(9-13)10-17(24-16)19(25)22-14-3-1-4-15(11-14)23-20(26)18-5-2-8-27-18/h1-11,24H,(H,22,25)(H,23,26). The van der Waals surface area contributed by atoms with Crippen LogP contribution in [-0.4, -0.2) is 16.8 Å². The van der Waals surface area contributed by atoms with Gasteiger partial charge in [-0.05, 0) is 53.9 Å². The number of nitrogens with one attached hydrogen (secondary N) is 3. The number of hydrogen-bond acceptors (Lipinski definition) is 3. The summed E-state index contributed by atoms with van der Waals surface area (Å²) in [5.41, 5.74) is 2.11. The molecule has 0 aliphatic heterocycles. The zero-order chi connectivity index (χ0) is 18.8. The molecule has 2 heterocycles. The summed E-state index contributed by atoms with van der Waals surface area (Å²) in [6.07, 6.45) is 0. The number of hydrogen-bond donors (Lipinski definition) is 3. The molecular formula is C20H14FN3O2S. The number of aromatic amines is 1. The second-order valence-corrected chi connectivity index (χ2v) is 6.83. The smallest absolute Gasteiger partial charge is 0.272 e. The highest BCUT2D eigenvalue weighted by Gasteiger charge is 2.12. The molecule has 134 valence electrons. The van der Waals surface area contributed by atoms with Crippen LogP contribution in [0.1, 0.15) is 20.2 Å². The van der Waals surface area contributed by atoms with Gasteiger partial charge in [-0.3, -0.25) is 9.59 Å². The van der Waals surface area contributed by atoms with E-state index >= 15 is 0 Å². The number of aromatic nitrogens is 1. The molecular weight excluding hydrogens is 365 g/mol. The van der Waals surface area contributed by atoms with Crippen molar-refractivity contribution in [2.24, 2.45) is 0 Å². The number of anilines is 2. The van der Waals surface area contributed by atoms with Crippen LogP contribution in [0, 0.1) is 5.82 Å². The van der Waals surface area contributed by atoms with Gasteiger partial charge in [0, 0.05) is 22.3 Å². The van der Waals surface area contributed by atoms with E-state index in [0.717, 1.165) is 0 Å². The van der Waals surface area contributed by atoms with Gasteiger partial charge in [-0.2, -0.15) is 0 Å². The van der Waals surface area contributed by atoms with Crippen molar-refractivity contribution < 1.29 is 14.0 Å². The molecule has 0 aliphatic rings. The van der Waals surface area contributed by atoms with E-state index in [0.29, 0.717) is 32.8 Å². The molecule has 0 aliphatic carbocycles. The van der Waals surface area contributed by atoms with Crippen molar-refractivity contribution >= 4 is 45.4 Å². The maximum atomic E-state index is 13.3. The Morgan fingerprint density at radius 3 is 2.41 bits per heavy atom. The minimum atomic E-state index is -0.359. The van der Waals surface area contributed by atoms with Crippen molar-refractivity contribution in [3.8, 4) is 0 Å². The molecule has 2 aromatic carbocycles. The lowest BCUT2D eigenvalue weighted by molar-refractivity contribution is 0.101. The van der Waals surface area contributed by atoms with Gasteiger partial charge in [0.15, 0.2) is 0 Å². The maximum absolute atomic E-state index is 13.3. The van der Waals surface area contributed by atoms with Crippen molar-refractivity contribution in [3.63, 3.8) is 0 Å². The molecule has 0 fully saturated rings. The Labute approximate surface area is 157 Å². The van der Waals surface area contributed by atoms with E-state index in [1.54, 1.807) is 42.5 Å². The average Bonchev–Trinajstić information content (AvgIpc) is 3.31. The Balaban J connectivity index is 1.50. The van der Waals surface area contributed by atoms with Crippen LogP contribution < -0.4 is 10.6 Å². The molecule has 0 bridgehead atoms. The van der Waals surface area contributed by atoms with E-state index in [1.165, 1.54) is 23.5 Å². The number of halogens is 1. The fourth-order valence-electron chi connectivity index (χ4n) is 2.70. The Bertz CT molecular complexity index is 1140. The van der Waals surface area contributed by atoms with Crippen LogP contribution in [0.15, 0.2) is 66.0 Å². The molecule has 0 atom stereocenters. The predicted molar refractivity (Wildman–Crippen MR) is 105 cm³/mol. The first kappa shape index (κ1) is 17.0. The van der Waals surface area contributed by atoms with E-state index in [4.69, 9.17) is 0 Å². The zero-order valence-corrected chi connectivity index (χ0v) is 14.8. The number of H-pyrrole nitrogens is 1. The number of carbonyl (C=O) groups excluding carboxylic acids is 2. The summed E-state index contributed by atoms with van der Waals surface area (Å²) in [4.78, 5) is 28.2. The largest absolute Gasteiger partial charge is 0.351 e. The molecule has 2 amide bonds. The average molecular weight is 379 g/mol. The third-order valence-electron chi connectivity index (χ3n) is 3.95. The third kappa shape index (κ3) is 3.73. The Morgan fingerprint density at radius 1 is 0.889 bits per heavy atom. The SMILES string of the molecule is O=C(Nc1cccc(NC(=O)c2cccs2)c1)c1cc2cc(F)ccc2[nH]1. The van der Waals surface area contributed by atoms with Gasteiger partial charge in [0.2, 0.25) is 0 Å². The number of thiophene rings is 1. The highest BCUT2D eigenvalue weighted by molar-refractivity contribution is 7.12. The first-order valence-electron chi connectivity index (χ1n) is 8.13. The van der Waals surface area contributed by atoms with Crippen LogP contribution in [0.4, 0.5) is 15.8 Å². The van der Waals surface area contributed by atoms with Gasteiger partial charge in [0.25, 0.3) is 11.8 Å². The van der Waals surface area contributed by atoms with E-state index < -0.39 is 0 Å². The molecule has 0 saturated heterocycles. The Morgan fingerprint density at radius 2 is 1.67 bits per heavy atom. The topological polar surface area (TPSA) is 74.0 Å². The van der Waals surface area contributed by atoms with Gasteiger partial charge in [-0.25, -0.2) is 4.39 Å². The van der Waals surface area contributed by atoms with Crippen LogP contribution in [0.5, 0.6) is 0 Å². The van der Waals surface area contributed by atoms with Crippen molar-refractivity contribution in [1.29, 1.82) is 0 Å². The van der Waals surface area contributed by atoms with Crippen molar-refractivity contribution in [3.05, 3.63) is 82.4 Å². The molecule has 2 aromatic heterocycles. The van der Waals surface area contributed by atoms with Crippen LogP contribution >= 0.6 is 11.3 Å². The van der Waals surface area contributed by atoms with E-state index in [9.17, 15) is 14.0 Å². The van der Waals surface area contributed by atoms with Crippen molar-refractivity contribution in [2.75, 3.05) is 10.6 Å². The molecule has 5 nitrogen and oxygen atoms in total. The maximum Gasteiger partial charge on any atom is 0.272 e. The molecule has 3 N–H and O–H groups in total. The number of carbonyl (C=O) groups is 2. The summed E-state index contributed by atoms with van der Waals surface area (Å²) in [5, 5.41) is 8.02. The summed E-state index contributed by atoms with van der Waals surface area (Å²) in [6.45, 7) is 0. The van der Waals surface area contributed by atoms with Gasteiger partial charge in [0.1, 0.15) is 11.5 Å². The van der Waals surface area contributed by atoms with Crippen LogP contribution in [0.25, 0.3) is 10.9 Å². The molecule has 0 saturated carbocycles. The minimum Gasteiger partial charge on any atom is -0.351 e. The van der Waals surface area contributed by atoms with E-state index in [-0.39, 0.29) is 17.6 Å². The fraction of sp³-hybridized carbons (Fsp3) is 0. The summed E-state index contributed by atoms with van der Waals surface area (Å²) in [5.74, 6) is -0.915. The molecule has 27 heavy (non-hydrogen) atoms.